The molecule has 180 valence electrons. The van der Waals surface area contributed by atoms with E-state index in [9.17, 15) is 19.8 Å². The SMILES string of the molecule is COc1ccc(C(C)(C)C)cc1/C(O)=C1\C(=O)C(=O)N(c2cc(C)ccc2O)C1c1ccccc1. The Bertz CT molecular complexity index is 1330. The van der Waals surface area contributed by atoms with Gasteiger partial charge in [0.05, 0.1) is 30.0 Å². The normalized spacial score (nSPS) is 17.6. The highest BCUT2D eigenvalue weighted by atomic mass is 16.5. The van der Waals surface area contributed by atoms with Crippen molar-refractivity contribution in [2.24, 2.45) is 0 Å². The molecule has 0 aromatic heterocycles. The van der Waals surface area contributed by atoms with Gasteiger partial charge >= 0.3 is 0 Å². The molecule has 4 rings (SSSR count). The molecule has 2 N–H and O–H groups in total. The number of carbonyl (C=O) groups excluding carboxylic acids is 2. The summed E-state index contributed by atoms with van der Waals surface area (Å²) in [5.74, 6) is -1.74. The van der Waals surface area contributed by atoms with Crippen LogP contribution in [0.1, 0.15) is 49.1 Å². The minimum absolute atomic E-state index is 0.0635. The molecular formula is C29H29NO5. The second-order valence-electron chi connectivity index (χ2n) is 9.74. The van der Waals surface area contributed by atoms with E-state index in [1.165, 1.54) is 18.1 Å². The lowest BCUT2D eigenvalue weighted by Crippen LogP contribution is -2.29. The molecule has 0 saturated carbocycles. The zero-order chi connectivity index (χ0) is 25.5. The number of aliphatic hydroxyl groups is 1. The van der Waals surface area contributed by atoms with E-state index in [0.717, 1.165) is 11.1 Å². The first-order valence-electron chi connectivity index (χ1n) is 11.4. The number of aromatic hydroxyl groups is 1. The maximum absolute atomic E-state index is 13.4. The number of aryl methyl sites for hydroxylation is 1. The van der Waals surface area contributed by atoms with E-state index in [2.05, 4.69) is 0 Å². The number of ether oxygens (including phenoxy) is 1. The largest absolute Gasteiger partial charge is 0.507 e. The molecule has 1 atom stereocenters. The number of rotatable bonds is 4. The van der Waals surface area contributed by atoms with Crippen molar-refractivity contribution >= 4 is 23.1 Å². The van der Waals surface area contributed by atoms with Gasteiger partial charge in [0.2, 0.25) is 0 Å². The number of phenolic OH excluding ortho intramolecular Hbond substituents is 1. The Kier molecular flexibility index (Phi) is 6.15. The van der Waals surface area contributed by atoms with E-state index in [1.54, 1.807) is 48.5 Å². The maximum Gasteiger partial charge on any atom is 0.300 e. The van der Waals surface area contributed by atoms with Crippen molar-refractivity contribution in [2.45, 2.75) is 39.2 Å². The number of nitrogens with zero attached hydrogens (tertiary/aromatic N) is 1. The van der Waals surface area contributed by atoms with Crippen LogP contribution in [0, 0.1) is 6.92 Å². The smallest absolute Gasteiger partial charge is 0.300 e. The van der Waals surface area contributed by atoms with E-state index in [0.29, 0.717) is 16.9 Å². The molecule has 1 aliphatic heterocycles. The van der Waals surface area contributed by atoms with Crippen molar-refractivity contribution in [1.82, 2.24) is 0 Å². The van der Waals surface area contributed by atoms with Crippen LogP contribution in [0.15, 0.2) is 72.3 Å². The predicted molar refractivity (Wildman–Crippen MR) is 136 cm³/mol. The third kappa shape index (κ3) is 4.28. The number of carbonyl (C=O) groups is 2. The lowest BCUT2D eigenvalue weighted by Gasteiger charge is -2.26. The fourth-order valence-electron chi connectivity index (χ4n) is 4.36. The minimum Gasteiger partial charge on any atom is -0.507 e. The van der Waals surface area contributed by atoms with Gasteiger partial charge in [-0.1, -0.05) is 63.2 Å². The van der Waals surface area contributed by atoms with Crippen LogP contribution >= 0.6 is 0 Å². The van der Waals surface area contributed by atoms with E-state index in [4.69, 9.17) is 4.74 Å². The first-order valence-corrected chi connectivity index (χ1v) is 11.4. The molecule has 0 aliphatic carbocycles. The number of hydrogen-bond donors (Lipinski definition) is 2. The van der Waals surface area contributed by atoms with Crippen molar-refractivity contribution in [2.75, 3.05) is 12.0 Å². The molecule has 1 amide bonds. The van der Waals surface area contributed by atoms with Crippen molar-refractivity contribution in [3.05, 3.63) is 94.6 Å². The van der Waals surface area contributed by atoms with Crippen LogP contribution in [0.3, 0.4) is 0 Å². The summed E-state index contributed by atoms with van der Waals surface area (Å²) in [6, 6.07) is 18.4. The second-order valence-corrected chi connectivity index (χ2v) is 9.74. The molecule has 35 heavy (non-hydrogen) atoms. The molecular weight excluding hydrogens is 442 g/mol. The fourth-order valence-corrected chi connectivity index (χ4v) is 4.36. The zero-order valence-corrected chi connectivity index (χ0v) is 20.5. The Hall–Kier alpha value is -4.06. The van der Waals surface area contributed by atoms with Gasteiger partial charge in [-0.25, -0.2) is 0 Å². The molecule has 0 bridgehead atoms. The standard InChI is InChI=1S/C29H29NO5/c1-17-11-13-22(31)21(15-17)30-25(18-9-7-6-8-10-18)24(27(33)28(30)34)26(32)20-16-19(29(2,3)4)12-14-23(20)35-5/h6-16,25,31-32H,1-5H3/b26-24+. The van der Waals surface area contributed by atoms with Gasteiger partial charge in [-0.3, -0.25) is 14.5 Å². The summed E-state index contributed by atoms with van der Waals surface area (Å²) < 4.78 is 5.50. The van der Waals surface area contributed by atoms with Crippen LogP contribution in [0.2, 0.25) is 0 Å². The third-order valence-corrected chi connectivity index (χ3v) is 6.27. The van der Waals surface area contributed by atoms with Crippen molar-refractivity contribution in [1.29, 1.82) is 0 Å². The predicted octanol–water partition coefficient (Wildman–Crippen LogP) is 5.63. The highest BCUT2D eigenvalue weighted by Gasteiger charge is 2.48. The number of aliphatic hydroxyl groups excluding tert-OH is 1. The van der Waals surface area contributed by atoms with Crippen LogP contribution < -0.4 is 9.64 Å². The van der Waals surface area contributed by atoms with Crippen molar-refractivity contribution < 1.29 is 24.5 Å². The monoisotopic (exact) mass is 471 g/mol. The fraction of sp³-hybridized carbons (Fsp3) is 0.241. The Morgan fingerprint density at radius 1 is 0.971 bits per heavy atom. The Morgan fingerprint density at radius 2 is 1.66 bits per heavy atom. The molecule has 1 saturated heterocycles. The van der Waals surface area contributed by atoms with E-state index in [-0.39, 0.29) is 28.2 Å². The van der Waals surface area contributed by atoms with Gasteiger partial charge in [0.25, 0.3) is 11.7 Å². The molecule has 3 aromatic rings. The number of ketones is 1. The van der Waals surface area contributed by atoms with Crippen LogP contribution in [0.4, 0.5) is 5.69 Å². The Labute approximate surface area is 205 Å². The summed E-state index contributed by atoms with van der Waals surface area (Å²) in [7, 11) is 1.49. The van der Waals surface area contributed by atoms with Crippen LogP contribution in [0.5, 0.6) is 11.5 Å². The topological polar surface area (TPSA) is 87.1 Å². The van der Waals surface area contributed by atoms with Crippen LogP contribution in [-0.4, -0.2) is 29.0 Å². The van der Waals surface area contributed by atoms with Gasteiger partial charge in [0, 0.05) is 0 Å². The highest BCUT2D eigenvalue weighted by Crippen LogP contribution is 2.46. The van der Waals surface area contributed by atoms with Gasteiger partial charge in [0.1, 0.15) is 17.3 Å². The molecule has 6 nitrogen and oxygen atoms in total. The van der Waals surface area contributed by atoms with Gasteiger partial charge in [0.15, 0.2) is 0 Å². The Morgan fingerprint density at radius 3 is 2.29 bits per heavy atom. The zero-order valence-electron chi connectivity index (χ0n) is 20.5. The summed E-state index contributed by atoms with van der Waals surface area (Å²) in [4.78, 5) is 28.1. The summed E-state index contributed by atoms with van der Waals surface area (Å²) >= 11 is 0. The molecule has 1 aliphatic rings. The molecule has 0 spiro atoms. The van der Waals surface area contributed by atoms with Gasteiger partial charge in [-0.05, 0) is 53.3 Å². The number of hydrogen-bond acceptors (Lipinski definition) is 5. The average Bonchev–Trinajstić information content (AvgIpc) is 3.10. The molecule has 1 fully saturated rings. The van der Waals surface area contributed by atoms with E-state index in [1.807, 2.05) is 39.8 Å². The van der Waals surface area contributed by atoms with Gasteiger partial charge < -0.3 is 14.9 Å². The second kappa shape index (κ2) is 8.95. The summed E-state index contributed by atoms with van der Waals surface area (Å²) in [6.07, 6.45) is 0. The van der Waals surface area contributed by atoms with E-state index < -0.39 is 17.7 Å². The molecule has 3 aromatic carbocycles. The van der Waals surface area contributed by atoms with E-state index >= 15 is 0 Å². The quantitative estimate of drug-likeness (QED) is 0.292. The third-order valence-electron chi connectivity index (χ3n) is 6.27. The molecule has 0 radical (unpaired) electrons. The van der Waals surface area contributed by atoms with Crippen molar-refractivity contribution in [3.63, 3.8) is 0 Å². The lowest BCUT2D eigenvalue weighted by molar-refractivity contribution is -0.132. The number of amides is 1. The number of phenols is 1. The molecule has 6 heteroatoms. The van der Waals surface area contributed by atoms with Crippen LogP contribution in [0.25, 0.3) is 5.76 Å². The summed E-state index contributed by atoms with van der Waals surface area (Å²) in [5, 5.41) is 22.2. The van der Waals surface area contributed by atoms with Crippen LogP contribution in [-0.2, 0) is 15.0 Å². The lowest BCUT2D eigenvalue weighted by atomic mass is 9.85. The number of anilines is 1. The maximum atomic E-state index is 13.4. The minimum atomic E-state index is -0.938. The molecule has 1 heterocycles. The summed E-state index contributed by atoms with van der Waals surface area (Å²) in [6.45, 7) is 7.96. The summed E-state index contributed by atoms with van der Waals surface area (Å²) in [5.41, 5.74) is 2.61. The molecule has 1 unspecified atom stereocenters. The van der Waals surface area contributed by atoms with Gasteiger partial charge in [-0.2, -0.15) is 0 Å². The average molecular weight is 472 g/mol. The highest BCUT2D eigenvalue weighted by molar-refractivity contribution is 6.52. The van der Waals surface area contributed by atoms with Gasteiger partial charge in [-0.15, -0.1) is 0 Å². The number of benzene rings is 3. The number of Topliss-reactive ketones (excluding diaryl/α,β-unsaturated/α-hetero) is 1. The first kappa shape index (κ1) is 24.1. The first-order chi connectivity index (χ1) is 16.5. The Balaban J connectivity index is 2.02. The van der Waals surface area contributed by atoms with Crippen molar-refractivity contribution in [3.8, 4) is 11.5 Å². The number of methoxy groups -OCH3 is 1.